The second-order valence-corrected chi connectivity index (χ2v) is 4.98. The largest absolute Gasteiger partial charge is 0.379 e. The molecule has 0 aromatic rings. The molecule has 1 N–H and O–H groups in total. The summed E-state index contributed by atoms with van der Waals surface area (Å²) in [6.07, 6.45) is 5.49. The van der Waals surface area contributed by atoms with E-state index in [-0.39, 0.29) is 6.10 Å². The van der Waals surface area contributed by atoms with Gasteiger partial charge in [0.15, 0.2) is 0 Å². The maximum Gasteiger partial charge on any atom is 0.0780 e. The van der Waals surface area contributed by atoms with Crippen LogP contribution in [-0.2, 0) is 9.47 Å². The van der Waals surface area contributed by atoms with Crippen molar-refractivity contribution in [1.82, 2.24) is 5.32 Å². The molecule has 0 aromatic carbocycles. The number of hydrogen-bond acceptors (Lipinski definition) is 3. The van der Waals surface area contributed by atoms with Crippen LogP contribution in [0.4, 0.5) is 0 Å². The second kappa shape index (κ2) is 8.90. The van der Waals surface area contributed by atoms with Crippen LogP contribution in [-0.4, -0.2) is 38.5 Å². The number of rotatable bonds is 9. The molecule has 1 rings (SSSR count). The molecule has 0 bridgehead atoms. The molecule has 0 saturated heterocycles. The first kappa shape index (κ1) is 14.9. The third-order valence-electron chi connectivity index (χ3n) is 3.57. The molecule has 1 aliphatic rings. The molecule has 17 heavy (non-hydrogen) atoms. The molecule has 102 valence electrons. The molecule has 1 saturated carbocycles. The Labute approximate surface area is 106 Å². The van der Waals surface area contributed by atoms with E-state index in [1.54, 1.807) is 0 Å². The van der Waals surface area contributed by atoms with E-state index in [2.05, 4.69) is 19.2 Å². The van der Waals surface area contributed by atoms with Crippen LogP contribution in [0.2, 0.25) is 0 Å². The lowest BCUT2D eigenvalue weighted by atomic mass is 10.00. The topological polar surface area (TPSA) is 30.5 Å². The van der Waals surface area contributed by atoms with Gasteiger partial charge in [0.2, 0.25) is 0 Å². The van der Waals surface area contributed by atoms with Crippen molar-refractivity contribution in [3.8, 4) is 0 Å². The molecule has 0 radical (unpaired) electrons. The Bertz CT molecular complexity index is 187. The molecule has 0 heterocycles. The van der Waals surface area contributed by atoms with E-state index in [1.165, 1.54) is 25.7 Å². The fourth-order valence-electron chi connectivity index (χ4n) is 2.67. The van der Waals surface area contributed by atoms with Gasteiger partial charge in [0, 0.05) is 19.3 Å². The molecule has 0 aromatic heterocycles. The Morgan fingerprint density at radius 2 is 2.12 bits per heavy atom. The normalized spacial score (nSPS) is 26.3. The lowest BCUT2D eigenvalue weighted by Crippen LogP contribution is -2.33. The van der Waals surface area contributed by atoms with Crippen LogP contribution in [0, 0.1) is 5.92 Å². The molecule has 1 aliphatic carbocycles. The highest BCUT2D eigenvalue weighted by molar-refractivity contribution is 4.82. The van der Waals surface area contributed by atoms with Gasteiger partial charge >= 0.3 is 0 Å². The van der Waals surface area contributed by atoms with Crippen molar-refractivity contribution < 1.29 is 9.47 Å². The van der Waals surface area contributed by atoms with Crippen LogP contribution in [0.15, 0.2) is 0 Å². The Hall–Kier alpha value is -0.120. The average molecular weight is 243 g/mol. The summed E-state index contributed by atoms with van der Waals surface area (Å²) >= 11 is 0. The number of hydrogen-bond donors (Lipinski definition) is 1. The lowest BCUT2D eigenvalue weighted by molar-refractivity contribution is -0.00832. The minimum atomic E-state index is 0.230. The highest BCUT2D eigenvalue weighted by Crippen LogP contribution is 2.28. The maximum atomic E-state index is 5.78. The first-order chi connectivity index (χ1) is 8.27. The summed E-state index contributed by atoms with van der Waals surface area (Å²) < 4.78 is 11.1. The third kappa shape index (κ3) is 5.84. The van der Waals surface area contributed by atoms with Crippen molar-refractivity contribution in [3.63, 3.8) is 0 Å². The van der Waals surface area contributed by atoms with Gasteiger partial charge in [-0.1, -0.05) is 13.3 Å². The van der Waals surface area contributed by atoms with Gasteiger partial charge in [-0.25, -0.2) is 0 Å². The Kier molecular flexibility index (Phi) is 7.82. The van der Waals surface area contributed by atoms with Crippen molar-refractivity contribution in [2.24, 2.45) is 5.92 Å². The standard InChI is InChI=1S/C14H29NO2/c1-4-15-14-8-6-7-13(14)9-10-17-12(3)11-16-5-2/h12-15H,4-11H2,1-3H3. The lowest BCUT2D eigenvalue weighted by Gasteiger charge is -2.21. The van der Waals surface area contributed by atoms with Gasteiger partial charge in [-0.05, 0) is 45.6 Å². The van der Waals surface area contributed by atoms with Gasteiger partial charge in [-0.3, -0.25) is 0 Å². The summed E-state index contributed by atoms with van der Waals surface area (Å²) in [5.74, 6) is 0.814. The summed E-state index contributed by atoms with van der Waals surface area (Å²) in [5, 5.41) is 3.59. The highest BCUT2D eigenvalue weighted by atomic mass is 16.5. The van der Waals surface area contributed by atoms with Crippen LogP contribution in [0.3, 0.4) is 0 Å². The van der Waals surface area contributed by atoms with Gasteiger partial charge in [0.1, 0.15) is 0 Å². The zero-order chi connectivity index (χ0) is 12.5. The van der Waals surface area contributed by atoms with Crippen LogP contribution < -0.4 is 5.32 Å². The minimum absolute atomic E-state index is 0.230. The maximum absolute atomic E-state index is 5.78. The molecule has 3 unspecified atom stereocenters. The molecule has 0 spiro atoms. The Morgan fingerprint density at radius 3 is 2.82 bits per heavy atom. The van der Waals surface area contributed by atoms with E-state index in [0.29, 0.717) is 0 Å². The van der Waals surface area contributed by atoms with Crippen molar-refractivity contribution in [2.75, 3.05) is 26.4 Å². The fraction of sp³-hybridized carbons (Fsp3) is 1.00. The SMILES string of the molecule is CCNC1CCCC1CCOC(C)COCC. The molecule has 0 aliphatic heterocycles. The smallest absolute Gasteiger partial charge is 0.0780 e. The van der Waals surface area contributed by atoms with E-state index < -0.39 is 0 Å². The van der Waals surface area contributed by atoms with Crippen molar-refractivity contribution in [1.29, 1.82) is 0 Å². The summed E-state index contributed by atoms with van der Waals surface area (Å²) in [7, 11) is 0. The van der Waals surface area contributed by atoms with Gasteiger partial charge in [0.05, 0.1) is 12.7 Å². The van der Waals surface area contributed by atoms with Crippen molar-refractivity contribution in [2.45, 2.75) is 58.6 Å². The van der Waals surface area contributed by atoms with Crippen molar-refractivity contribution >= 4 is 0 Å². The monoisotopic (exact) mass is 243 g/mol. The summed E-state index contributed by atoms with van der Waals surface area (Å²) in [4.78, 5) is 0. The van der Waals surface area contributed by atoms with Crippen molar-refractivity contribution in [3.05, 3.63) is 0 Å². The fourth-order valence-corrected chi connectivity index (χ4v) is 2.67. The van der Waals surface area contributed by atoms with E-state index >= 15 is 0 Å². The third-order valence-corrected chi connectivity index (χ3v) is 3.57. The van der Waals surface area contributed by atoms with Gasteiger partial charge in [0.25, 0.3) is 0 Å². The van der Waals surface area contributed by atoms with E-state index in [0.717, 1.165) is 38.3 Å². The van der Waals surface area contributed by atoms with Crippen LogP contribution in [0.25, 0.3) is 0 Å². The molecule has 3 nitrogen and oxygen atoms in total. The van der Waals surface area contributed by atoms with Crippen LogP contribution in [0.1, 0.15) is 46.5 Å². The van der Waals surface area contributed by atoms with E-state index in [9.17, 15) is 0 Å². The second-order valence-electron chi connectivity index (χ2n) is 4.98. The summed E-state index contributed by atoms with van der Waals surface area (Å²) in [5.41, 5.74) is 0. The first-order valence-electron chi connectivity index (χ1n) is 7.20. The predicted octanol–water partition coefficient (Wildman–Crippen LogP) is 2.60. The average Bonchev–Trinajstić information content (AvgIpc) is 2.75. The van der Waals surface area contributed by atoms with Gasteiger partial charge in [-0.2, -0.15) is 0 Å². The predicted molar refractivity (Wildman–Crippen MR) is 71.3 cm³/mol. The zero-order valence-corrected chi connectivity index (χ0v) is 11.7. The Balaban J connectivity index is 2.08. The molecule has 3 atom stereocenters. The number of nitrogens with one attached hydrogen (secondary N) is 1. The Morgan fingerprint density at radius 1 is 1.29 bits per heavy atom. The highest BCUT2D eigenvalue weighted by Gasteiger charge is 2.25. The molecule has 0 amide bonds. The zero-order valence-electron chi connectivity index (χ0n) is 11.7. The van der Waals surface area contributed by atoms with Crippen LogP contribution in [0.5, 0.6) is 0 Å². The molecular weight excluding hydrogens is 214 g/mol. The quantitative estimate of drug-likeness (QED) is 0.675. The van der Waals surface area contributed by atoms with E-state index in [1.807, 2.05) is 6.92 Å². The van der Waals surface area contributed by atoms with E-state index in [4.69, 9.17) is 9.47 Å². The molecule has 1 fully saturated rings. The molecular formula is C14H29NO2. The first-order valence-corrected chi connectivity index (χ1v) is 7.20. The summed E-state index contributed by atoms with van der Waals surface area (Å²) in [6, 6.07) is 0.728. The number of ether oxygens (including phenoxy) is 2. The van der Waals surface area contributed by atoms with Gasteiger partial charge in [-0.15, -0.1) is 0 Å². The minimum Gasteiger partial charge on any atom is -0.379 e. The van der Waals surface area contributed by atoms with Crippen LogP contribution >= 0.6 is 0 Å². The summed E-state index contributed by atoms with van der Waals surface area (Å²) in [6.45, 7) is 9.76. The van der Waals surface area contributed by atoms with Gasteiger partial charge < -0.3 is 14.8 Å². The molecule has 3 heteroatoms.